The second-order valence-corrected chi connectivity index (χ2v) is 8.13. The number of nitrogens with zero attached hydrogens (tertiary/aromatic N) is 3. The average molecular weight is 399 g/mol. The molecule has 3 unspecified atom stereocenters. The van der Waals surface area contributed by atoms with Gasteiger partial charge in [-0.05, 0) is 16.8 Å². The van der Waals surface area contributed by atoms with Crippen LogP contribution >= 0.6 is 0 Å². The molecule has 1 aromatic heterocycles. The minimum absolute atomic E-state index is 0.105. The number of aliphatic hydroxyl groups is 1. The maximum absolute atomic E-state index is 13.3. The third-order valence-electron chi connectivity index (χ3n) is 6.06. The summed E-state index contributed by atoms with van der Waals surface area (Å²) >= 11 is 0. The van der Waals surface area contributed by atoms with Gasteiger partial charge in [0.05, 0.1) is 6.20 Å². The number of alkyl halides is 2. The van der Waals surface area contributed by atoms with Crippen LogP contribution in [0, 0.1) is 11.8 Å². The van der Waals surface area contributed by atoms with Gasteiger partial charge in [-0.1, -0.05) is 30.3 Å². The van der Waals surface area contributed by atoms with Crippen LogP contribution in [0.25, 0.3) is 21.9 Å². The van der Waals surface area contributed by atoms with Gasteiger partial charge >= 0.3 is 0 Å². The lowest BCUT2D eigenvalue weighted by Crippen LogP contribution is -2.37. The second-order valence-electron chi connectivity index (χ2n) is 8.13. The van der Waals surface area contributed by atoms with Crippen molar-refractivity contribution < 1.29 is 18.6 Å². The van der Waals surface area contributed by atoms with E-state index in [2.05, 4.69) is 5.10 Å². The van der Waals surface area contributed by atoms with Crippen molar-refractivity contribution in [1.29, 1.82) is 0 Å². The monoisotopic (exact) mass is 399 g/mol. The van der Waals surface area contributed by atoms with E-state index < -0.39 is 23.9 Å². The average Bonchev–Trinajstić information content (AvgIpc) is 3.11. The molecule has 3 atom stereocenters. The zero-order chi connectivity index (χ0) is 20.2. The van der Waals surface area contributed by atoms with Gasteiger partial charge in [0.1, 0.15) is 18.5 Å². The van der Waals surface area contributed by atoms with Crippen molar-refractivity contribution in [3.63, 3.8) is 0 Å². The number of benzene rings is 2. The molecular formula is C22H23F2N3O2. The molecule has 1 saturated heterocycles. The number of aliphatic hydroxyl groups excluding tert-OH is 1. The first-order chi connectivity index (χ1) is 13.9. The largest absolute Gasteiger partial charge is 0.490 e. The van der Waals surface area contributed by atoms with E-state index in [1.54, 1.807) is 10.9 Å². The first-order valence-electron chi connectivity index (χ1n) is 9.85. The highest BCUT2D eigenvalue weighted by molar-refractivity contribution is 5.99. The molecule has 0 amide bonds. The molecule has 1 aliphatic carbocycles. The van der Waals surface area contributed by atoms with Crippen LogP contribution in [-0.2, 0) is 7.05 Å². The smallest absolute Gasteiger partial charge is 0.257 e. The van der Waals surface area contributed by atoms with Crippen molar-refractivity contribution >= 4 is 10.8 Å². The number of ether oxygens (including phenoxy) is 1. The lowest BCUT2D eigenvalue weighted by molar-refractivity contribution is 0.0303. The first-order valence-corrected chi connectivity index (χ1v) is 9.85. The Morgan fingerprint density at radius 1 is 1.21 bits per heavy atom. The van der Waals surface area contributed by atoms with Gasteiger partial charge in [-0.2, -0.15) is 5.10 Å². The molecule has 3 aromatic rings. The third-order valence-corrected chi connectivity index (χ3v) is 6.06. The van der Waals surface area contributed by atoms with Gasteiger partial charge in [0, 0.05) is 55.8 Å². The molecule has 1 saturated carbocycles. The Morgan fingerprint density at radius 3 is 2.69 bits per heavy atom. The number of aromatic nitrogens is 2. The minimum Gasteiger partial charge on any atom is -0.490 e. The molecule has 7 heteroatoms. The molecule has 2 aromatic carbocycles. The summed E-state index contributed by atoms with van der Waals surface area (Å²) in [5, 5.41) is 16.8. The summed E-state index contributed by atoms with van der Waals surface area (Å²) in [6.07, 6.45) is 2.98. The van der Waals surface area contributed by atoms with Crippen LogP contribution in [0.5, 0.6) is 5.75 Å². The molecule has 2 fully saturated rings. The van der Waals surface area contributed by atoms with Crippen molar-refractivity contribution in [2.45, 2.75) is 12.0 Å². The number of aryl methyl sites for hydroxylation is 1. The number of β-amino-alcohol motifs (C(OH)–C–C–N with tert-alkyl or cyclic N) is 1. The van der Waals surface area contributed by atoms with E-state index in [4.69, 9.17) is 4.74 Å². The van der Waals surface area contributed by atoms with Crippen molar-refractivity contribution in [3.8, 4) is 16.9 Å². The molecule has 0 radical (unpaired) electrons. The molecule has 152 valence electrons. The van der Waals surface area contributed by atoms with Crippen LogP contribution in [0.3, 0.4) is 0 Å². The normalized spacial score (nSPS) is 23.9. The van der Waals surface area contributed by atoms with E-state index in [1.807, 2.05) is 54.5 Å². The maximum Gasteiger partial charge on any atom is 0.257 e. The van der Waals surface area contributed by atoms with E-state index in [0.717, 1.165) is 21.9 Å². The standard InChI is InChI=1S/C22H23F2N3O2/c1-26-9-15(8-25-26)21-17-5-3-2-4-14(17)6-7-20(21)29-13-16(28)10-27-11-18-19(12-27)22(18,23)24/h2-9,16,18-19,28H,10-13H2,1H3. The highest BCUT2D eigenvalue weighted by Gasteiger charge is 2.71. The quantitative estimate of drug-likeness (QED) is 0.692. The Hall–Kier alpha value is -2.51. The first kappa shape index (κ1) is 18.5. The number of hydrogen-bond donors (Lipinski definition) is 1. The van der Waals surface area contributed by atoms with E-state index in [9.17, 15) is 13.9 Å². The molecule has 0 spiro atoms. The Balaban J connectivity index is 1.31. The Bertz CT molecular complexity index is 1040. The summed E-state index contributed by atoms with van der Waals surface area (Å²) in [4.78, 5) is 1.91. The van der Waals surface area contributed by atoms with E-state index >= 15 is 0 Å². The number of hydrogen-bond acceptors (Lipinski definition) is 4. The molecule has 2 aliphatic rings. The van der Waals surface area contributed by atoms with E-state index in [-0.39, 0.29) is 6.61 Å². The predicted molar refractivity (Wildman–Crippen MR) is 106 cm³/mol. The van der Waals surface area contributed by atoms with E-state index in [0.29, 0.717) is 25.4 Å². The minimum atomic E-state index is -2.50. The van der Waals surface area contributed by atoms with Crippen molar-refractivity contribution in [3.05, 3.63) is 48.8 Å². The molecule has 5 rings (SSSR count). The van der Waals surface area contributed by atoms with E-state index in [1.165, 1.54) is 0 Å². The number of fused-ring (bicyclic) bond motifs is 2. The van der Waals surface area contributed by atoms with Crippen molar-refractivity contribution in [2.24, 2.45) is 18.9 Å². The van der Waals surface area contributed by atoms with Crippen LogP contribution in [0.4, 0.5) is 8.78 Å². The van der Waals surface area contributed by atoms with Crippen LogP contribution in [0.2, 0.25) is 0 Å². The fourth-order valence-corrected chi connectivity index (χ4v) is 4.50. The molecule has 2 heterocycles. The number of rotatable bonds is 6. The zero-order valence-corrected chi connectivity index (χ0v) is 16.1. The van der Waals surface area contributed by atoms with Crippen molar-refractivity contribution in [2.75, 3.05) is 26.2 Å². The maximum atomic E-state index is 13.3. The van der Waals surface area contributed by atoms with Crippen molar-refractivity contribution in [1.82, 2.24) is 14.7 Å². The fourth-order valence-electron chi connectivity index (χ4n) is 4.50. The molecule has 0 bridgehead atoms. The Morgan fingerprint density at radius 2 is 1.97 bits per heavy atom. The Labute approximate surface area is 167 Å². The summed E-state index contributed by atoms with van der Waals surface area (Å²) in [5.74, 6) is -2.89. The molecule has 5 nitrogen and oxygen atoms in total. The third kappa shape index (κ3) is 3.28. The van der Waals surface area contributed by atoms with Gasteiger partial charge in [-0.3, -0.25) is 9.58 Å². The van der Waals surface area contributed by atoms with Gasteiger partial charge < -0.3 is 9.84 Å². The lowest BCUT2D eigenvalue weighted by Gasteiger charge is -2.23. The molecule has 29 heavy (non-hydrogen) atoms. The fraction of sp³-hybridized carbons (Fsp3) is 0.409. The number of likely N-dealkylation sites (tertiary alicyclic amines) is 1. The highest BCUT2D eigenvalue weighted by atomic mass is 19.3. The SMILES string of the molecule is Cn1cc(-c2c(OCC(O)CN3CC4C(C3)C4(F)F)ccc3ccccc23)cn1. The summed E-state index contributed by atoms with van der Waals surface area (Å²) < 4.78 is 34.4. The topological polar surface area (TPSA) is 50.5 Å². The van der Waals surface area contributed by atoms with Gasteiger partial charge in [0.25, 0.3) is 5.92 Å². The molecule has 1 N–H and O–H groups in total. The highest BCUT2D eigenvalue weighted by Crippen LogP contribution is 2.59. The van der Waals surface area contributed by atoms with Gasteiger partial charge in [0.2, 0.25) is 0 Å². The van der Waals surface area contributed by atoms with Gasteiger partial charge in [-0.15, -0.1) is 0 Å². The number of piperidine rings is 1. The predicted octanol–water partition coefficient (Wildman–Crippen LogP) is 3.18. The molecular weight excluding hydrogens is 376 g/mol. The summed E-state index contributed by atoms with van der Waals surface area (Å²) in [6.45, 7) is 1.16. The summed E-state index contributed by atoms with van der Waals surface area (Å²) in [7, 11) is 1.86. The van der Waals surface area contributed by atoms with Gasteiger partial charge in [0.15, 0.2) is 0 Å². The summed E-state index contributed by atoms with van der Waals surface area (Å²) in [6, 6.07) is 12.0. The van der Waals surface area contributed by atoms with Crippen LogP contribution in [0.15, 0.2) is 48.8 Å². The number of halogens is 2. The van der Waals surface area contributed by atoms with Crippen LogP contribution in [0.1, 0.15) is 0 Å². The Kier molecular flexibility index (Phi) is 4.33. The second kappa shape index (κ2) is 6.78. The lowest BCUT2D eigenvalue weighted by atomic mass is 9.99. The summed E-state index contributed by atoms with van der Waals surface area (Å²) in [5.41, 5.74) is 1.88. The van der Waals surface area contributed by atoms with Crippen LogP contribution in [-0.4, -0.2) is 58.1 Å². The van der Waals surface area contributed by atoms with Crippen LogP contribution < -0.4 is 4.74 Å². The molecule has 1 aliphatic heterocycles. The zero-order valence-electron chi connectivity index (χ0n) is 16.1. The van der Waals surface area contributed by atoms with Gasteiger partial charge in [-0.25, -0.2) is 8.78 Å².